The van der Waals surface area contributed by atoms with Gasteiger partial charge in [0, 0.05) is 36.2 Å². The zero-order chi connectivity index (χ0) is 22.8. The van der Waals surface area contributed by atoms with Crippen molar-refractivity contribution in [3.05, 3.63) is 41.0 Å². The fraction of sp³-hybridized carbons (Fsp3) is 0.400. The minimum atomic E-state index is -2.62. The molecule has 0 bridgehead atoms. The van der Waals surface area contributed by atoms with Gasteiger partial charge in [-0.15, -0.1) is 10.2 Å². The number of tetrazole rings is 1. The predicted molar refractivity (Wildman–Crippen MR) is 106 cm³/mol. The van der Waals surface area contributed by atoms with Crippen LogP contribution in [0.5, 0.6) is 0 Å². The van der Waals surface area contributed by atoms with E-state index in [9.17, 15) is 18.4 Å². The number of benzene rings is 1. The highest BCUT2D eigenvalue weighted by atomic mass is 19.3. The standard InChI is InChI=1S/C20H20F2N6O4/c1-11-2-3-13(19(21)22)8-14(11)18(31)12-4-6-27(7-5-12)16-9-15(32-25-16)20-23-26-28(24-20)10-17(29)30/h2-3,8-9,12,19H,4-7,10H2,1H3,(H,29,30). The van der Waals surface area contributed by atoms with Gasteiger partial charge in [0.05, 0.1) is 0 Å². The van der Waals surface area contributed by atoms with Gasteiger partial charge in [0.2, 0.25) is 11.6 Å². The summed E-state index contributed by atoms with van der Waals surface area (Å²) in [6, 6.07) is 5.82. The van der Waals surface area contributed by atoms with Gasteiger partial charge in [0.1, 0.15) is 0 Å². The predicted octanol–water partition coefficient (Wildman–Crippen LogP) is 2.76. The van der Waals surface area contributed by atoms with Crippen LogP contribution < -0.4 is 4.90 Å². The van der Waals surface area contributed by atoms with Crippen molar-refractivity contribution >= 4 is 17.6 Å². The Kier molecular flexibility index (Phi) is 5.93. The molecule has 0 radical (unpaired) electrons. The van der Waals surface area contributed by atoms with Crippen LogP contribution in [0, 0.1) is 12.8 Å². The Labute approximate surface area is 180 Å². The summed E-state index contributed by atoms with van der Waals surface area (Å²) in [5.74, 6) is -0.581. The summed E-state index contributed by atoms with van der Waals surface area (Å²) >= 11 is 0. The van der Waals surface area contributed by atoms with Gasteiger partial charge in [-0.25, -0.2) is 8.78 Å². The average Bonchev–Trinajstić information content (AvgIpc) is 3.43. The summed E-state index contributed by atoms with van der Waals surface area (Å²) in [7, 11) is 0. The number of carboxylic acids is 1. The lowest BCUT2D eigenvalue weighted by Gasteiger charge is -2.31. The molecular weight excluding hydrogens is 426 g/mol. The number of rotatable bonds is 7. The van der Waals surface area contributed by atoms with Gasteiger partial charge in [0.15, 0.2) is 18.1 Å². The number of piperidine rings is 1. The van der Waals surface area contributed by atoms with Crippen molar-refractivity contribution in [2.75, 3.05) is 18.0 Å². The number of aryl methyl sites for hydroxylation is 1. The summed E-state index contributed by atoms with van der Waals surface area (Å²) in [4.78, 5) is 26.5. The van der Waals surface area contributed by atoms with Gasteiger partial charge in [-0.05, 0) is 36.6 Å². The van der Waals surface area contributed by atoms with E-state index in [1.807, 2.05) is 4.90 Å². The molecule has 3 aromatic rings. The van der Waals surface area contributed by atoms with Gasteiger partial charge in [0.25, 0.3) is 6.43 Å². The van der Waals surface area contributed by atoms with Crippen LogP contribution in [0.2, 0.25) is 0 Å². The zero-order valence-electron chi connectivity index (χ0n) is 17.1. The molecular formula is C20H20F2N6O4. The van der Waals surface area contributed by atoms with Crippen LogP contribution in [0.1, 0.15) is 40.8 Å². The Bertz CT molecular complexity index is 1140. The molecule has 1 aliphatic heterocycles. The normalized spacial score (nSPS) is 14.8. The SMILES string of the molecule is Cc1ccc(C(F)F)cc1C(=O)C1CCN(c2cc(-c3nnn(CC(=O)O)n3)on2)CC1. The first-order chi connectivity index (χ1) is 15.3. The number of hydrogen-bond acceptors (Lipinski definition) is 8. The second-order valence-corrected chi connectivity index (χ2v) is 7.59. The number of Topliss-reactive ketones (excluding diaryl/α,β-unsaturated/α-hetero) is 1. The minimum absolute atomic E-state index is 0.115. The van der Waals surface area contributed by atoms with Crippen molar-refractivity contribution in [2.45, 2.75) is 32.7 Å². The third-order valence-electron chi connectivity index (χ3n) is 5.42. The first kappa shape index (κ1) is 21.5. The number of anilines is 1. The smallest absolute Gasteiger partial charge is 0.327 e. The molecule has 0 saturated carbocycles. The summed E-state index contributed by atoms with van der Waals surface area (Å²) in [5, 5.41) is 24.1. The quantitative estimate of drug-likeness (QED) is 0.545. The third kappa shape index (κ3) is 4.48. The molecule has 0 amide bonds. The number of carboxylic acid groups (broad SMARTS) is 1. The van der Waals surface area contributed by atoms with Gasteiger partial charge in [-0.3, -0.25) is 9.59 Å². The Morgan fingerprint density at radius 3 is 2.69 bits per heavy atom. The first-order valence-corrected chi connectivity index (χ1v) is 9.96. The number of ketones is 1. The monoisotopic (exact) mass is 446 g/mol. The molecule has 32 heavy (non-hydrogen) atoms. The maximum absolute atomic E-state index is 13.0. The Hall–Kier alpha value is -3.70. The summed E-state index contributed by atoms with van der Waals surface area (Å²) in [5.41, 5.74) is 0.882. The van der Waals surface area contributed by atoms with Gasteiger partial charge in [-0.1, -0.05) is 17.3 Å². The Morgan fingerprint density at radius 2 is 2.00 bits per heavy atom. The van der Waals surface area contributed by atoms with Crippen LogP contribution in [-0.4, -0.2) is 55.3 Å². The lowest BCUT2D eigenvalue weighted by molar-refractivity contribution is -0.138. The van der Waals surface area contributed by atoms with Crippen molar-refractivity contribution in [2.24, 2.45) is 5.92 Å². The molecule has 1 fully saturated rings. The molecule has 2 aromatic heterocycles. The molecule has 1 N–H and O–H groups in total. The summed E-state index contributed by atoms with van der Waals surface area (Å²) < 4.78 is 31.3. The fourth-order valence-corrected chi connectivity index (χ4v) is 3.68. The number of nitrogens with zero attached hydrogens (tertiary/aromatic N) is 6. The molecule has 0 atom stereocenters. The third-order valence-corrected chi connectivity index (χ3v) is 5.42. The van der Waals surface area contributed by atoms with E-state index in [-0.39, 0.29) is 28.8 Å². The van der Waals surface area contributed by atoms with Crippen LogP contribution >= 0.6 is 0 Å². The molecule has 0 unspecified atom stereocenters. The molecule has 1 saturated heterocycles. The van der Waals surface area contributed by atoms with Gasteiger partial charge < -0.3 is 14.5 Å². The largest absolute Gasteiger partial charge is 0.480 e. The van der Waals surface area contributed by atoms with Crippen molar-refractivity contribution < 1.29 is 28.0 Å². The highest BCUT2D eigenvalue weighted by Gasteiger charge is 2.29. The first-order valence-electron chi connectivity index (χ1n) is 9.96. The summed E-state index contributed by atoms with van der Waals surface area (Å²) in [6.45, 7) is 2.40. The molecule has 168 valence electrons. The number of carbonyl (C=O) groups excluding carboxylic acids is 1. The van der Waals surface area contributed by atoms with E-state index in [0.29, 0.717) is 42.9 Å². The van der Waals surface area contributed by atoms with Crippen LogP contribution in [-0.2, 0) is 11.3 Å². The molecule has 12 heteroatoms. The van der Waals surface area contributed by atoms with E-state index < -0.39 is 18.9 Å². The molecule has 0 spiro atoms. The second-order valence-electron chi connectivity index (χ2n) is 7.59. The van der Waals surface area contributed by atoms with E-state index >= 15 is 0 Å². The molecule has 3 heterocycles. The van der Waals surface area contributed by atoms with Crippen LogP contribution in [0.25, 0.3) is 11.6 Å². The number of aliphatic carboxylic acids is 1. The number of hydrogen-bond donors (Lipinski definition) is 1. The number of halogens is 2. The number of carbonyl (C=O) groups is 2. The highest BCUT2D eigenvalue weighted by Crippen LogP contribution is 2.29. The maximum atomic E-state index is 13.0. The Morgan fingerprint density at radius 1 is 1.25 bits per heavy atom. The lowest BCUT2D eigenvalue weighted by Crippen LogP contribution is -2.36. The zero-order valence-corrected chi connectivity index (χ0v) is 17.1. The molecule has 1 aliphatic rings. The molecule has 0 aliphatic carbocycles. The lowest BCUT2D eigenvalue weighted by atomic mass is 9.86. The van der Waals surface area contributed by atoms with E-state index in [1.165, 1.54) is 12.1 Å². The molecule has 4 rings (SSSR count). The topological polar surface area (TPSA) is 127 Å². The molecule has 10 nitrogen and oxygen atoms in total. The van der Waals surface area contributed by atoms with Crippen molar-refractivity contribution in [1.29, 1.82) is 0 Å². The van der Waals surface area contributed by atoms with Gasteiger partial charge >= 0.3 is 5.97 Å². The van der Waals surface area contributed by atoms with E-state index in [2.05, 4.69) is 20.6 Å². The average molecular weight is 446 g/mol. The van der Waals surface area contributed by atoms with Crippen LogP contribution in [0.3, 0.4) is 0 Å². The number of alkyl halides is 2. The van der Waals surface area contributed by atoms with Crippen molar-refractivity contribution in [3.63, 3.8) is 0 Å². The van der Waals surface area contributed by atoms with Crippen LogP contribution in [0.15, 0.2) is 28.8 Å². The van der Waals surface area contributed by atoms with Crippen molar-refractivity contribution in [3.8, 4) is 11.6 Å². The van der Waals surface area contributed by atoms with Crippen LogP contribution in [0.4, 0.5) is 14.6 Å². The number of aromatic nitrogens is 5. The maximum Gasteiger partial charge on any atom is 0.327 e. The van der Waals surface area contributed by atoms with E-state index in [1.54, 1.807) is 19.1 Å². The van der Waals surface area contributed by atoms with Crippen molar-refractivity contribution in [1.82, 2.24) is 25.4 Å². The Balaban J connectivity index is 1.40. The van der Waals surface area contributed by atoms with E-state index in [0.717, 1.165) is 4.80 Å². The van der Waals surface area contributed by atoms with Gasteiger partial charge in [-0.2, -0.15) is 4.80 Å². The van der Waals surface area contributed by atoms with E-state index in [4.69, 9.17) is 9.63 Å². The summed E-state index contributed by atoms with van der Waals surface area (Å²) in [6.07, 6.45) is -1.52. The molecule has 1 aromatic carbocycles. The second kappa shape index (κ2) is 8.81. The minimum Gasteiger partial charge on any atom is -0.480 e. The fourth-order valence-electron chi connectivity index (χ4n) is 3.68. The highest BCUT2D eigenvalue weighted by molar-refractivity contribution is 5.99.